The lowest BCUT2D eigenvalue weighted by Crippen LogP contribution is -2.44. The van der Waals surface area contributed by atoms with Crippen LogP contribution in [-0.2, 0) is 27.8 Å². The molecule has 9 heteroatoms. The maximum atomic E-state index is 13.2. The summed E-state index contributed by atoms with van der Waals surface area (Å²) < 4.78 is 40.3. The van der Waals surface area contributed by atoms with Crippen molar-refractivity contribution >= 4 is 33.2 Å². The number of aryl methyl sites for hydroxylation is 1. The van der Waals surface area contributed by atoms with E-state index in [9.17, 15) is 13.2 Å². The number of nitrogens with zero attached hydrogens (tertiary/aromatic N) is 1. The van der Waals surface area contributed by atoms with Gasteiger partial charge in [-0.3, -0.25) is 4.79 Å². The van der Waals surface area contributed by atoms with Gasteiger partial charge in [-0.25, -0.2) is 13.1 Å². The number of amides is 1. The van der Waals surface area contributed by atoms with Gasteiger partial charge < -0.3 is 14.4 Å². The Morgan fingerprint density at radius 1 is 1.10 bits per heavy atom. The molecule has 216 valence electrons. The van der Waals surface area contributed by atoms with Crippen LogP contribution in [0.15, 0.2) is 48.6 Å². The van der Waals surface area contributed by atoms with Gasteiger partial charge in [-0.05, 0) is 97.7 Å². The number of rotatable bonds is 1. The van der Waals surface area contributed by atoms with Gasteiger partial charge in [0.25, 0.3) is 5.91 Å². The number of hydrogen-bond acceptors (Lipinski definition) is 6. The van der Waals surface area contributed by atoms with E-state index in [1.165, 1.54) is 5.56 Å². The Morgan fingerprint density at radius 3 is 2.73 bits per heavy atom. The molecular weight excluding hydrogens is 548 g/mol. The van der Waals surface area contributed by atoms with Crippen LogP contribution in [0.2, 0.25) is 5.02 Å². The van der Waals surface area contributed by atoms with Crippen molar-refractivity contribution in [3.05, 3.63) is 70.3 Å². The van der Waals surface area contributed by atoms with E-state index in [2.05, 4.69) is 15.7 Å². The van der Waals surface area contributed by atoms with Crippen LogP contribution < -0.4 is 14.4 Å². The van der Waals surface area contributed by atoms with E-state index < -0.39 is 15.9 Å². The molecule has 1 saturated carbocycles. The summed E-state index contributed by atoms with van der Waals surface area (Å²) in [6.07, 6.45) is 9.78. The molecule has 2 aromatic carbocycles. The van der Waals surface area contributed by atoms with Crippen LogP contribution >= 0.6 is 11.6 Å². The van der Waals surface area contributed by atoms with Gasteiger partial charge in [0.1, 0.15) is 12.4 Å². The molecule has 3 aliphatic rings. The van der Waals surface area contributed by atoms with Crippen LogP contribution in [0.4, 0.5) is 5.69 Å². The molecule has 40 heavy (non-hydrogen) atoms. The summed E-state index contributed by atoms with van der Waals surface area (Å²) in [5, 5.41) is 0.720. The smallest absolute Gasteiger partial charge is 0.264 e. The van der Waals surface area contributed by atoms with Crippen molar-refractivity contribution in [2.75, 3.05) is 30.9 Å². The largest absolute Gasteiger partial charge is 0.487 e. The molecule has 7 nitrogen and oxygen atoms in total. The molecule has 2 heterocycles. The van der Waals surface area contributed by atoms with Crippen molar-refractivity contribution in [2.45, 2.75) is 58.2 Å². The van der Waals surface area contributed by atoms with Gasteiger partial charge in [0.2, 0.25) is 10.0 Å². The molecule has 1 amide bonds. The highest BCUT2D eigenvalue weighted by molar-refractivity contribution is 7.90. The molecule has 0 unspecified atom stereocenters. The maximum absolute atomic E-state index is 13.2. The number of methoxy groups -OCH3 is 1. The van der Waals surface area contributed by atoms with E-state index in [0.29, 0.717) is 36.2 Å². The van der Waals surface area contributed by atoms with Gasteiger partial charge in [0.15, 0.2) is 0 Å². The van der Waals surface area contributed by atoms with E-state index >= 15 is 0 Å². The van der Waals surface area contributed by atoms with Gasteiger partial charge >= 0.3 is 0 Å². The molecule has 0 spiro atoms. The highest BCUT2D eigenvalue weighted by Crippen LogP contribution is 2.41. The minimum Gasteiger partial charge on any atom is -0.487 e. The number of benzene rings is 2. The Hall–Kier alpha value is -2.55. The van der Waals surface area contributed by atoms with Crippen LogP contribution in [0.3, 0.4) is 0 Å². The molecule has 0 aromatic heterocycles. The lowest BCUT2D eigenvalue weighted by Gasteiger charge is -2.43. The predicted octanol–water partition coefficient (Wildman–Crippen LogP) is 5.76. The zero-order chi connectivity index (χ0) is 28.3. The summed E-state index contributed by atoms with van der Waals surface area (Å²) in [7, 11) is -2.06. The van der Waals surface area contributed by atoms with E-state index in [-0.39, 0.29) is 17.8 Å². The average Bonchev–Trinajstić information content (AvgIpc) is 2.92. The molecule has 1 fully saturated rings. The highest BCUT2D eigenvalue weighted by Gasteiger charge is 2.37. The number of fused-ring (bicyclic) bond motifs is 3. The van der Waals surface area contributed by atoms with Crippen molar-refractivity contribution in [3.8, 4) is 5.75 Å². The molecular formula is C31H39ClN2O5S. The second kappa shape index (κ2) is 12.5. The topological polar surface area (TPSA) is 84.9 Å². The number of anilines is 1. The number of sulfonamides is 1. The van der Waals surface area contributed by atoms with Crippen LogP contribution in [-0.4, -0.2) is 46.4 Å². The number of carbonyl (C=O) groups excluding carboxylic acids is 1. The summed E-state index contributed by atoms with van der Waals surface area (Å²) >= 11 is 6.30. The van der Waals surface area contributed by atoms with Gasteiger partial charge in [-0.2, -0.15) is 0 Å². The van der Waals surface area contributed by atoms with Crippen molar-refractivity contribution in [2.24, 2.45) is 17.8 Å². The van der Waals surface area contributed by atoms with Gasteiger partial charge in [0.05, 0.1) is 17.5 Å². The summed E-state index contributed by atoms with van der Waals surface area (Å²) in [5.41, 5.74) is 3.40. The van der Waals surface area contributed by atoms with Crippen molar-refractivity contribution < 1.29 is 22.7 Å². The first-order valence-electron chi connectivity index (χ1n) is 14.3. The van der Waals surface area contributed by atoms with Crippen molar-refractivity contribution in [1.29, 1.82) is 0 Å². The lowest BCUT2D eigenvalue weighted by molar-refractivity contribution is 0.0134. The third kappa shape index (κ3) is 6.84. The standard InChI is InChI=1S/C31H39ClN2O5S/c1-21-6-5-8-29(38-2)27-13-10-24(27)18-34-15-4-3-7-22-16-26(32)12-9-25(22)19-39-30-14-11-23(17-28(30)34)31(35)33-40(36,37)20-21/h5,8-9,11-12,14,16-17,21,24,27,29H,3-4,6-7,10,13,15,18-20H2,1-2H3,(H,33,35)/b8-5+/t21-,24+,27-,29+/m1/s1. The Morgan fingerprint density at radius 2 is 1.95 bits per heavy atom. The zero-order valence-corrected chi connectivity index (χ0v) is 24.8. The Bertz CT molecular complexity index is 1360. The van der Waals surface area contributed by atoms with Crippen molar-refractivity contribution in [3.63, 3.8) is 0 Å². The van der Waals surface area contributed by atoms with E-state index in [0.717, 1.165) is 61.5 Å². The summed E-state index contributed by atoms with van der Waals surface area (Å²) in [5.74, 6) is 0.610. The maximum Gasteiger partial charge on any atom is 0.264 e. The minimum atomic E-state index is -3.80. The molecule has 0 saturated heterocycles. The van der Waals surface area contributed by atoms with Crippen molar-refractivity contribution in [1.82, 2.24) is 4.72 Å². The number of halogens is 1. The van der Waals surface area contributed by atoms with Crippen LogP contribution in [0.25, 0.3) is 0 Å². The fourth-order valence-corrected chi connectivity index (χ4v) is 7.71. The number of hydrogen-bond donors (Lipinski definition) is 1. The second-order valence-corrected chi connectivity index (χ2v) is 13.7. The molecule has 2 aromatic rings. The molecule has 2 bridgehead atoms. The average molecular weight is 587 g/mol. The van der Waals surface area contributed by atoms with Crippen LogP contribution in [0.5, 0.6) is 5.75 Å². The number of carbonyl (C=O) groups is 1. The Kier molecular flexibility index (Phi) is 9.08. The second-order valence-electron chi connectivity index (χ2n) is 11.5. The summed E-state index contributed by atoms with van der Waals surface area (Å²) in [4.78, 5) is 15.5. The molecule has 5 rings (SSSR count). The Labute approximate surface area is 242 Å². The van der Waals surface area contributed by atoms with Crippen LogP contribution in [0, 0.1) is 17.8 Å². The first-order valence-corrected chi connectivity index (χ1v) is 16.3. The van der Waals surface area contributed by atoms with E-state index in [4.69, 9.17) is 21.1 Å². The first kappa shape index (κ1) is 29.0. The summed E-state index contributed by atoms with van der Waals surface area (Å²) in [6, 6.07) is 11.2. The third-order valence-corrected chi connectivity index (χ3v) is 10.2. The predicted molar refractivity (Wildman–Crippen MR) is 159 cm³/mol. The van der Waals surface area contributed by atoms with Gasteiger partial charge in [0, 0.05) is 30.8 Å². The summed E-state index contributed by atoms with van der Waals surface area (Å²) in [6.45, 7) is 3.87. The fraction of sp³-hybridized carbons (Fsp3) is 0.516. The quantitative estimate of drug-likeness (QED) is 0.428. The highest BCUT2D eigenvalue weighted by atomic mass is 35.5. The van der Waals surface area contributed by atoms with Crippen LogP contribution in [0.1, 0.15) is 60.5 Å². The van der Waals surface area contributed by atoms with E-state index in [1.807, 2.05) is 31.2 Å². The SMILES string of the molecule is CO[C@H]1/C=C/C[C@@H](C)CS(=O)(=O)NC(=O)c2ccc3c(c2)N(CCCCc2cc(Cl)ccc2CO3)C[C@@H]2CC[C@H]21. The molecule has 0 radical (unpaired) electrons. The normalized spacial score (nSPS) is 28.0. The molecule has 1 aliphatic carbocycles. The van der Waals surface area contributed by atoms with E-state index in [1.54, 1.807) is 25.3 Å². The molecule has 1 N–H and O–H groups in total. The number of ether oxygens (including phenoxy) is 2. The molecule has 2 aliphatic heterocycles. The number of allylic oxidation sites excluding steroid dienone is 1. The number of nitrogens with one attached hydrogen (secondary N) is 1. The fourth-order valence-electron chi connectivity index (χ4n) is 6.14. The minimum absolute atomic E-state index is 0.0135. The zero-order valence-electron chi connectivity index (χ0n) is 23.3. The van der Waals surface area contributed by atoms with Gasteiger partial charge in [-0.15, -0.1) is 0 Å². The lowest BCUT2D eigenvalue weighted by atomic mass is 9.70. The first-order chi connectivity index (χ1) is 19.2. The monoisotopic (exact) mass is 586 g/mol. The molecule has 4 atom stereocenters. The van der Waals surface area contributed by atoms with Gasteiger partial charge in [-0.1, -0.05) is 36.7 Å². The Balaban J connectivity index is 1.53. The third-order valence-electron chi connectivity index (χ3n) is 8.48.